The third kappa shape index (κ3) is 2.55. The van der Waals surface area contributed by atoms with Crippen LogP contribution in [0.15, 0.2) is 0 Å². The van der Waals surface area contributed by atoms with Crippen molar-refractivity contribution in [1.82, 2.24) is 0 Å². The van der Waals surface area contributed by atoms with Crippen LogP contribution in [-0.4, -0.2) is 30.9 Å². The minimum absolute atomic E-state index is 0.0989. The zero-order chi connectivity index (χ0) is 12.8. The fourth-order valence-electron chi connectivity index (χ4n) is 1.66. The van der Waals surface area contributed by atoms with Gasteiger partial charge in [-0.1, -0.05) is 20.8 Å². The molecule has 0 aromatic carbocycles. The second-order valence-corrected chi connectivity index (χ2v) is 11.3. The summed E-state index contributed by atoms with van der Waals surface area (Å²) in [5, 5.41) is 9.92. The second-order valence-electron chi connectivity index (χ2n) is 6.54. The van der Waals surface area contributed by atoms with Crippen LogP contribution < -0.4 is 0 Å². The number of carbonyl (C=O) groups excluding carboxylic acids is 1. The Morgan fingerprint density at radius 3 is 2.25 bits per heavy atom. The molecule has 0 aromatic rings. The number of hydrogen-bond donors (Lipinski definition) is 1. The smallest absolute Gasteiger partial charge is 0.193 e. The lowest BCUT2D eigenvalue weighted by Crippen LogP contribution is -2.46. The Kier molecular flexibility index (Phi) is 3.41. The molecule has 3 nitrogen and oxygen atoms in total. The monoisotopic (exact) mass is 244 g/mol. The predicted molar refractivity (Wildman–Crippen MR) is 66.9 cm³/mol. The summed E-state index contributed by atoms with van der Waals surface area (Å²) in [7, 11) is -1.91. The molecular formula is C12H24O3Si. The molecule has 0 bridgehead atoms. The Labute approximate surface area is 99.3 Å². The zero-order valence-corrected chi connectivity index (χ0v) is 12.3. The molecule has 1 saturated carbocycles. The highest BCUT2D eigenvalue weighted by Gasteiger charge is 2.48. The van der Waals surface area contributed by atoms with Crippen LogP contribution in [-0.2, 0) is 9.22 Å². The van der Waals surface area contributed by atoms with Crippen LogP contribution in [0.2, 0.25) is 18.1 Å². The van der Waals surface area contributed by atoms with E-state index in [1.807, 2.05) is 0 Å². The van der Waals surface area contributed by atoms with Crippen LogP contribution >= 0.6 is 0 Å². The van der Waals surface area contributed by atoms with E-state index in [4.69, 9.17) is 4.43 Å². The molecule has 0 aliphatic heterocycles. The largest absolute Gasteiger partial charge is 0.407 e. The molecular weight excluding hydrogens is 220 g/mol. The maximum atomic E-state index is 11.9. The quantitative estimate of drug-likeness (QED) is 0.759. The first-order chi connectivity index (χ1) is 6.97. The highest BCUT2D eigenvalue weighted by Crippen LogP contribution is 2.40. The lowest BCUT2D eigenvalue weighted by Gasteiger charge is -2.38. The molecule has 4 heteroatoms. The van der Waals surface area contributed by atoms with Crippen molar-refractivity contribution in [1.29, 1.82) is 0 Å². The van der Waals surface area contributed by atoms with E-state index in [1.165, 1.54) is 0 Å². The number of hydrogen-bond acceptors (Lipinski definition) is 3. The summed E-state index contributed by atoms with van der Waals surface area (Å²) in [5.41, 5.74) is -1.17. The first-order valence-corrected chi connectivity index (χ1v) is 8.83. The third-order valence-corrected chi connectivity index (χ3v) is 8.45. The molecule has 0 heterocycles. The van der Waals surface area contributed by atoms with Gasteiger partial charge < -0.3 is 9.53 Å². The Bertz CT molecular complexity index is 289. The van der Waals surface area contributed by atoms with Crippen molar-refractivity contribution in [2.45, 2.75) is 70.4 Å². The van der Waals surface area contributed by atoms with Crippen LogP contribution in [0.25, 0.3) is 0 Å². The molecule has 16 heavy (non-hydrogen) atoms. The normalized spacial score (nSPS) is 32.2. The van der Waals surface area contributed by atoms with Gasteiger partial charge in [-0.25, -0.2) is 0 Å². The lowest BCUT2D eigenvalue weighted by molar-refractivity contribution is -0.137. The second kappa shape index (κ2) is 3.93. The van der Waals surface area contributed by atoms with Crippen molar-refractivity contribution in [2.24, 2.45) is 0 Å². The Morgan fingerprint density at radius 2 is 1.94 bits per heavy atom. The Hall–Kier alpha value is -0.193. The van der Waals surface area contributed by atoms with Gasteiger partial charge in [0.05, 0.1) is 0 Å². The molecule has 1 rings (SSSR count). The molecule has 1 N–H and O–H groups in total. The van der Waals surface area contributed by atoms with Gasteiger partial charge in [-0.05, 0) is 37.9 Å². The third-order valence-electron chi connectivity index (χ3n) is 3.96. The maximum absolute atomic E-state index is 11.9. The SMILES string of the molecule is CC(C)(C)[Si](C)(C)O[C@H]1CC[C@](C)(O)C1=O. The number of aliphatic hydroxyl groups is 1. The molecule has 0 radical (unpaired) electrons. The van der Waals surface area contributed by atoms with Crippen molar-refractivity contribution in [3.8, 4) is 0 Å². The van der Waals surface area contributed by atoms with E-state index in [2.05, 4.69) is 33.9 Å². The minimum atomic E-state index is -1.91. The van der Waals surface area contributed by atoms with Crippen LogP contribution in [0.1, 0.15) is 40.5 Å². The van der Waals surface area contributed by atoms with Gasteiger partial charge in [0, 0.05) is 0 Å². The molecule has 1 aliphatic carbocycles. The van der Waals surface area contributed by atoms with Gasteiger partial charge >= 0.3 is 0 Å². The van der Waals surface area contributed by atoms with Crippen LogP contribution in [0.4, 0.5) is 0 Å². The zero-order valence-electron chi connectivity index (χ0n) is 11.3. The van der Waals surface area contributed by atoms with Crippen molar-refractivity contribution in [3.63, 3.8) is 0 Å². The fraction of sp³-hybridized carbons (Fsp3) is 0.917. The average Bonchev–Trinajstić information content (AvgIpc) is 2.29. The Balaban J connectivity index is 2.74. The summed E-state index contributed by atoms with van der Waals surface area (Å²) in [6, 6.07) is 0. The van der Waals surface area contributed by atoms with Crippen molar-refractivity contribution in [2.75, 3.05) is 0 Å². The molecule has 0 unspecified atom stereocenters. The van der Waals surface area contributed by atoms with Crippen molar-refractivity contribution in [3.05, 3.63) is 0 Å². The average molecular weight is 244 g/mol. The van der Waals surface area contributed by atoms with Crippen LogP contribution in [0.3, 0.4) is 0 Å². The molecule has 0 amide bonds. The van der Waals surface area contributed by atoms with E-state index < -0.39 is 20.0 Å². The Morgan fingerprint density at radius 1 is 1.44 bits per heavy atom. The van der Waals surface area contributed by atoms with Gasteiger partial charge in [0.15, 0.2) is 14.1 Å². The predicted octanol–water partition coefficient (Wildman–Crippen LogP) is 2.49. The van der Waals surface area contributed by atoms with Gasteiger partial charge in [-0.15, -0.1) is 0 Å². The molecule has 2 atom stereocenters. The topological polar surface area (TPSA) is 46.5 Å². The number of carbonyl (C=O) groups is 1. The van der Waals surface area contributed by atoms with Crippen LogP contribution in [0, 0.1) is 0 Å². The van der Waals surface area contributed by atoms with Gasteiger partial charge in [0.1, 0.15) is 11.7 Å². The van der Waals surface area contributed by atoms with Gasteiger partial charge in [-0.3, -0.25) is 4.79 Å². The summed E-state index contributed by atoms with van der Waals surface area (Å²) < 4.78 is 6.04. The summed E-state index contributed by atoms with van der Waals surface area (Å²) in [6.45, 7) is 12.3. The molecule has 94 valence electrons. The van der Waals surface area contributed by atoms with Crippen molar-refractivity contribution >= 4 is 14.1 Å². The van der Waals surface area contributed by atoms with E-state index in [0.29, 0.717) is 12.8 Å². The molecule has 0 saturated heterocycles. The molecule has 0 spiro atoms. The van der Waals surface area contributed by atoms with E-state index >= 15 is 0 Å². The standard InChI is InChI=1S/C12H24O3Si/c1-11(2,3)16(5,6)15-9-7-8-12(4,14)10(9)13/h9,14H,7-8H2,1-6H3/t9-,12-/m0/s1. The number of Topliss-reactive ketones (excluding diaryl/α,β-unsaturated/α-hetero) is 1. The van der Waals surface area contributed by atoms with E-state index in [1.54, 1.807) is 6.92 Å². The number of rotatable bonds is 2. The summed E-state index contributed by atoms with van der Waals surface area (Å²) in [4.78, 5) is 11.9. The van der Waals surface area contributed by atoms with Gasteiger partial charge in [-0.2, -0.15) is 0 Å². The first kappa shape index (κ1) is 13.9. The highest BCUT2D eigenvalue weighted by atomic mass is 28.4. The first-order valence-electron chi connectivity index (χ1n) is 5.92. The summed E-state index contributed by atoms with van der Waals surface area (Å²) >= 11 is 0. The van der Waals surface area contributed by atoms with Crippen LogP contribution in [0.5, 0.6) is 0 Å². The van der Waals surface area contributed by atoms with Gasteiger partial charge in [0.25, 0.3) is 0 Å². The van der Waals surface area contributed by atoms with E-state index in [0.717, 1.165) is 0 Å². The molecule has 1 aliphatic rings. The fourth-order valence-corrected chi connectivity index (χ4v) is 2.95. The minimum Gasteiger partial charge on any atom is -0.407 e. The summed E-state index contributed by atoms with van der Waals surface area (Å²) in [5.74, 6) is -0.141. The van der Waals surface area contributed by atoms with Gasteiger partial charge in [0.2, 0.25) is 0 Å². The molecule has 1 fully saturated rings. The summed E-state index contributed by atoms with van der Waals surface area (Å²) in [6.07, 6.45) is 0.777. The maximum Gasteiger partial charge on any atom is 0.193 e. The number of ketones is 1. The molecule has 0 aromatic heterocycles. The van der Waals surface area contributed by atoms with E-state index in [-0.39, 0.29) is 10.8 Å². The van der Waals surface area contributed by atoms with Crippen molar-refractivity contribution < 1.29 is 14.3 Å². The highest BCUT2D eigenvalue weighted by molar-refractivity contribution is 6.74. The van der Waals surface area contributed by atoms with E-state index in [9.17, 15) is 9.90 Å². The lowest BCUT2D eigenvalue weighted by atomic mass is 10.1.